The number of aromatic amines is 1. The molecule has 1 atom stereocenters. The van der Waals surface area contributed by atoms with Crippen LogP contribution in [0.2, 0.25) is 0 Å². The van der Waals surface area contributed by atoms with Crippen molar-refractivity contribution >= 4 is 0 Å². The van der Waals surface area contributed by atoms with Crippen molar-refractivity contribution in [1.29, 1.82) is 0 Å². The Kier molecular flexibility index (Phi) is 3.35. The fraction of sp³-hybridized carbons (Fsp3) is 0.118. The van der Waals surface area contributed by atoms with Crippen molar-refractivity contribution in [1.82, 2.24) is 9.97 Å². The highest BCUT2D eigenvalue weighted by Gasteiger charge is 2.15. The van der Waals surface area contributed by atoms with Gasteiger partial charge in [-0.05, 0) is 12.5 Å². The smallest absolute Gasteiger partial charge is 0.128 e. The maximum atomic E-state index is 6.28. The largest absolute Gasteiger partial charge is 0.344 e. The van der Waals surface area contributed by atoms with Gasteiger partial charge in [-0.3, -0.25) is 0 Å². The molecule has 0 aliphatic heterocycles. The molecule has 3 N–H and O–H groups in total. The van der Waals surface area contributed by atoms with Gasteiger partial charge in [-0.25, -0.2) is 4.98 Å². The third kappa shape index (κ3) is 2.36. The van der Waals surface area contributed by atoms with E-state index in [-0.39, 0.29) is 6.04 Å². The van der Waals surface area contributed by atoms with Crippen molar-refractivity contribution in [2.24, 2.45) is 5.73 Å². The second-order valence-electron chi connectivity index (χ2n) is 4.85. The van der Waals surface area contributed by atoms with Crippen LogP contribution in [-0.2, 0) is 0 Å². The molecule has 3 nitrogen and oxygen atoms in total. The number of H-pyrrole nitrogens is 1. The number of hydrogen-bond acceptors (Lipinski definition) is 2. The average Bonchev–Trinajstić information content (AvgIpc) is 2.90. The summed E-state index contributed by atoms with van der Waals surface area (Å²) in [5.74, 6) is 0.799. The first-order valence-electron chi connectivity index (χ1n) is 6.68. The van der Waals surface area contributed by atoms with E-state index in [1.54, 1.807) is 0 Å². The summed E-state index contributed by atoms with van der Waals surface area (Å²) in [5, 5.41) is 0. The number of aromatic nitrogens is 2. The van der Waals surface area contributed by atoms with E-state index in [2.05, 4.69) is 22.1 Å². The van der Waals surface area contributed by atoms with Crippen molar-refractivity contribution in [3.8, 4) is 11.3 Å². The summed E-state index contributed by atoms with van der Waals surface area (Å²) < 4.78 is 0. The molecule has 2 aromatic carbocycles. The van der Waals surface area contributed by atoms with Crippen molar-refractivity contribution in [2.75, 3.05) is 0 Å². The van der Waals surface area contributed by atoms with Crippen molar-refractivity contribution in [3.63, 3.8) is 0 Å². The summed E-state index contributed by atoms with van der Waals surface area (Å²) in [6, 6.07) is 19.9. The Bertz CT molecular complexity index is 687. The predicted octanol–water partition coefficient (Wildman–Crippen LogP) is 3.43. The lowest BCUT2D eigenvalue weighted by Crippen LogP contribution is -2.13. The molecule has 0 bridgehead atoms. The molecule has 0 radical (unpaired) electrons. The van der Waals surface area contributed by atoms with Crippen LogP contribution >= 0.6 is 0 Å². The minimum atomic E-state index is -0.229. The van der Waals surface area contributed by atoms with Gasteiger partial charge < -0.3 is 10.7 Å². The van der Waals surface area contributed by atoms with Crippen molar-refractivity contribution in [3.05, 3.63) is 77.7 Å². The topological polar surface area (TPSA) is 54.7 Å². The van der Waals surface area contributed by atoms with Gasteiger partial charge >= 0.3 is 0 Å². The molecule has 0 saturated heterocycles. The first kappa shape index (κ1) is 12.6. The summed E-state index contributed by atoms with van der Waals surface area (Å²) in [7, 11) is 0. The van der Waals surface area contributed by atoms with Gasteiger partial charge in [0.15, 0.2) is 0 Å². The molecule has 3 aromatic rings. The summed E-state index contributed by atoms with van der Waals surface area (Å²) in [6.07, 6.45) is 0. The fourth-order valence-corrected chi connectivity index (χ4v) is 2.33. The van der Waals surface area contributed by atoms with E-state index in [1.165, 1.54) is 0 Å². The molecule has 0 spiro atoms. The van der Waals surface area contributed by atoms with Crippen LogP contribution in [0.3, 0.4) is 0 Å². The normalized spacial score (nSPS) is 12.3. The van der Waals surface area contributed by atoms with Gasteiger partial charge in [0, 0.05) is 11.3 Å². The molecule has 3 rings (SSSR count). The average molecular weight is 263 g/mol. The molecule has 0 saturated carbocycles. The predicted molar refractivity (Wildman–Crippen MR) is 81.2 cm³/mol. The third-order valence-electron chi connectivity index (χ3n) is 3.40. The van der Waals surface area contributed by atoms with E-state index < -0.39 is 0 Å². The Morgan fingerprint density at radius 3 is 2.20 bits per heavy atom. The molecule has 0 fully saturated rings. The summed E-state index contributed by atoms with van der Waals surface area (Å²) in [5.41, 5.74) is 10.4. The molecular weight excluding hydrogens is 246 g/mol. The number of hydrogen-bond donors (Lipinski definition) is 2. The van der Waals surface area contributed by atoms with Crippen LogP contribution in [0.4, 0.5) is 0 Å². The second-order valence-corrected chi connectivity index (χ2v) is 4.85. The molecule has 100 valence electrons. The van der Waals surface area contributed by atoms with E-state index in [1.807, 2.05) is 55.5 Å². The van der Waals surface area contributed by atoms with Gasteiger partial charge in [-0.15, -0.1) is 0 Å². The van der Waals surface area contributed by atoms with Crippen LogP contribution in [0.1, 0.15) is 23.1 Å². The van der Waals surface area contributed by atoms with Gasteiger partial charge in [0.1, 0.15) is 5.82 Å². The molecule has 1 unspecified atom stereocenters. The Hall–Kier alpha value is -2.39. The first-order valence-corrected chi connectivity index (χ1v) is 6.68. The van der Waals surface area contributed by atoms with E-state index in [0.29, 0.717) is 0 Å². The highest BCUT2D eigenvalue weighted by Crippen LogP contribution is 2.24. The van der Waals surface area contributed by atoms with Crippen LogP contribution in [0.15, 0.2) is 60.7 Å². The SMILES string of the molecule is Cc1[nH]c(C(N)c2ccccc2)nc1-c1ccccc1. The molecular formula is C17H17N3. The van der Waals surface area contributed by atoms with Gasteiger partial charge in [0.2, 0.25) is 0 Å². The lowest BCUT2D eigenvalue weighted by atomic mass is 10.1. The highest BCUT2D eigenvalue weighted by molar-refractivity contribution is 5.61. The third-order valence-corrected chi connectivity index (χ3v) is 3.40. The maximum absolute atomic E-state index is 6.28. The zero-order chi connectivity index (χ0) is 13.9. The van der Waals surface area contributed by atoms with Crippen LogP contribution in [0.5, 0.6) is 0 Å². The fourth-order valence-electron chi connectivity index (χ4n) is 2.33. The lowest BCUT2D eigenvalue weighted by Gasteiger charge is -2.08. The van der Waals surface area contributed by atoms with Gasteiger partial charge in [-0.2, -0.15) is 0 Å². The number of benzene rings is 2. The zero-order valence-corrected chi connectivity index (χ0v) is 11.4. The molecule has 1 aromatic heterocycles. The van der Waals surface area contributed by atoms with E-state index in [4.69, 9.17) is 5.73 Å². The van der Waals surface area contributed by atoms with E-state index in [9.17, 15) is 0 Å². The molecule has 20 heavy (non-hydrogen) atoms. The van der Waals surface area contributed by atoms with Gasteiger partial charge in [0.05, 0.1) is 11.7 Å². The second kappa shape index (κ2) is 5.31. The molecule has 0 aliphatic carbocycles. The minimum absolute atomic E-state index is 0.229. The number of nitrogens with one attached hydrogen (secondary N) is 1. The molecule has 0 aliphatic rings. The summed E-state index contributed by atoms with van der Waals surface area (Å²) in [4.78, 5) is 7.98. The Morgan fingerprint density at radius 2 is 1.55 bits per heavy atom. The van der Waals surface area contributed by atoms with Crippen LogP contribution in [0.25, 0.3) is 11.3 Å². The first-order chi connectivity index (χ1) is 9.75. The van der Waals surface area contributed by atoms with Crippen molar-refractivity contribution in [2.45, 2.75) is 13.0 Å². The minimum Gasteiger partial charge on any atom is -0.344 e. The number of nitrogens with two attached hydrogens (primary N) is 1. The molecule has 1 heterocycles. The number of rotatable bonds is 3. The molecule has 0 amide bonds. The number of nitrogens with zero attached hydrogens (tertiary/aromatic N) is 1. The summed E-state index contributed by atoms with van der Waals surface area (Å²) in [6.45, 7) is 2.02. The van der Waals surface area contributed by atoms with Crippen LogP contribution in [-0.4, -0.2) is 9.97 Å². The molecule has 3 heteroatoms. The van der Waals surface area contributed by atoms with Crippen molar-refractivity contribution < 1.29 is 0 Å². The Balaban J connectivity index is 1.97. The summed E-state index contributed by atoms with van der Waals surface area (Å²) >= 11 is 0. The quantitative estimate of drug-likeness (QED) is 0.760. The zero-order valence-electron chi connectivity index (χ0n) is 11.4. The van der Waals surface area contributed by atoms with Gasteiger partial charge in [0.25, 0.3) is 0 Å². The van der Waals surface area contributed by atoms with E-state index >= 15 is 0 Å². The highest BCUT2D eigenvalue weighted by atomic mass is 15.0. The standard InChI is InChI=1S/C17H17N3/c1-12-16(14-10-6-3-7-11-14)20-17(19-12)15(18)13-8-4-2-5-9-13/h2-11,15H,18H2,1H3,(H,19,20). The van der Waals surface area contributed by atoms with Crippen LogP contribution in [0, 0.1) is 6.92 Å². The lowest BCUT2D eigenvalue weighted by molar-refractivity contribution is 0.799. The van der Waals surface area contributed by atoms with E-state index in [0.717, 1.165) is 28.3 Å². The Morgan fingerprint density at radius 1 is 0.950 bits per heavy atom. The maximum Gasteiger partial charge on any atom is 0.128 e. The number of aryl methyl sites for hydroxylation is 1. The van der Waals surface area contributed by atoms with Gasteiger partial charge in [-0.1, -0.05) is 60.7 Å². The Labute approximate surface area is 118 Å². The number of imidazole rings is 1. The van der Waals surface area contributed by atoms with Crippen LogP contribution < -0.4 is 5.73 Å². The monoisotopic (exact) mass is 263 g/mol.